The Morgan fingerprint density at radius 1 is 1.23 bits per heavy atom. The fourth-order valence-corrected chi connectivity index (χ4v) is 1.88. The van der Waals surface area contributed by atoms with E-state index >= 15 is 0 Å². The fourth-order valence-electron chi connectivity index (χ4n) is 1.43. The second-order valence-corrected chi connectivity index (χ2v) is 5.36. The molecule has 22 heavy (non-hydrogen) atoms. The summed E-state index contributed by atoms with van der Waals surface area (Å²) in [6, 6.07) is 4.64. The summed E-state index contributed by atoms with van der Waals surface area (Å²) in [6.07, 6.45) is 0.774. The summed E-state index contributed by atoms with van der Waals surface area (Å²) in [4.78, 5) is 23.1. The molecule has 0 spiro atoms. The summed E-state index contributed by atoms with van der Waals surface area (Å²) in [5, 5.41) is 0.744. The lowest BCUT2D eigenvalue weighted by atomic mass is 10.3. The van der Waals surface area contributed by atoms with Crippen LogP contribution in [0.15, 0.2) is 18.2 Å². The minimum absolute atomic E-state index is 0.283. The van der Waals surface area contributed by atoms with E-state index in [0.29, 0.717) is 17.4 Å². The molecule has 1 rings (SSSR count). The van der Waals surface area contributed by atoms with Gasteiger partial charge in [-0.25, -0.2) is 9.59 Å². The van der Waals surface area contributed by atoms with Gasteiger partial charge in [-0.15, -0.1) is 0 Å². The molecule has 1 aromatic rings. The maximum absolute atomic E-state index is 11.7. The van der Waals surface area contributed by atoms with Crippen molar-refractivity contribution < 1.29 is 23.8 Å². The van der Waals surface area contributed by atoms with Crippen LogP contribution in [0.1, 0.15) is 26.7 Å². The van der Waals surface area contributed by atoms with Crippen molar-refractivity contribution in [3.8, 4) is 5.75 Å². The standard InChI is InChI=1S/C15H18Cl2O5/c1-3-4-7-20-14(18)9-21-15(19)10(2)22-13-6-5-11(16)8-12(13)17/h5-6,8,10H,3-4,7,9H2,1-2H3/t10-/m1/s1. The quantitative estimate of drug-likeness (QED) is 0.530. The molecule has 0 radical (unpaired) electrons. The van der Waals surface area contributed by atoms with E-state index < -0.39 is 24.6 Å². The number of unbranched alkanes of at least 4 members (excludes halogenated alkanes) is 1. The summed E-state index contributed by atoms with van der Waals surface area (Å²) in [7, 11) is 0. The maximum atomic E-state index is 11.7. The van der Waals surface area contributed by atoms with Gasteiger partial charge < -0.3 is 14.2 Å². The highest BCUT2D eigenvalue weighted by Gasteiger charge is 2.19. The van der Waals surface area contributed by atoms with Crippen molar-refractivity contribution in [3.63, 3.8) is 0 Å². The second-order valence-electron chi connectivity index (χ2n) is 4.52. The van der Waals surface area contributed by atoms with Gasteiger partial charge in [-0.3, -0.25) is 0 Å². The van der Waals surface area contributed by atoms with Crippen molar-refractivity contribution in [2.45, 2.75) is 32.8 Å². The van der Waals surface area contributed by atoms with Crippen LogP contribution in [0.5, 0.6) is 5.75 Å². The molecular formula is C15H18Cl2O5. The van der Waals surface area contributed by atoms with Gasteiger partial charge in [0, 0.05) is 5.02 Å². The Morgan fingerprint density at radius 2 is 1.95 bits per heavy atom. The van der Waals surface area contributed by atoms with Crippen LogP contribution in [0.4, 0.5) is 0 Å². The minimum Gasteiger partial charge on any atom is -0.477 e. The normalized spacial score (nSPS) is 11.6. The molecule has 0 heterocycles. The number of carbonyl (C=O) groups is 2. The highest BCUT2D eigenvalue weighted by atomic mass is 35.5. The molecule has 1 atom stereocenters. The van der Waals surface area contributed by atoms with Gasteiger partial charge in [0.05, 0.1) is 11.6 Å². The fraction of sp³-hybridized carbons (Fsp3) is 0.467. The van der Waals surface area contributed by atoms with Crippen LogP contribution >= 0.6 is 23.2 Å². The van der Waals surface area contributed by atoms with Crippen LogP contribution in [0.2, 0.25) is 10.0 Å². The summed E-state index contributed by atoms with van der Waals surface area (Å²) < 4.78 is 15.1. The highest BCUT2D eigenvalue weighted by molar-refractivity contribution is 6.35. The first-order valence-electron chi connectivity index (χ1n) is 6.88. The van der Waals surface area contributed by atoms with E-state index in [1.54, 1.807) is 12.1 Å². The predicted octanol–water partition coefficient (Wildman–Crippen LogP) is 3.65. The lowest BCUT2D eigenvalue weighted by Gasteiger charge is -2.14. The molecule has 7 heteroatoms. The lowest BCUT2D eigenvalue weighted by Crippen LogP contribution is -2.28. The Morgan fingerprint density at radius 3 is 2.59 bits per heavy atom. The Bertz CT molecular complexity index is 519. The number of benzene rings is 1. The third-order valence-corrected chi connectivity index (χ3v) is 3.15. The maximum Gasteiger partial charge on any atom is 0.347 e. The number of carbonyl (C=O) groups excluding carboxylic acids is 2. The first kappa shape index (κ1) is 18.6. The molecule has 0 aliphatic heterocycles. The van der Waals surface area contributed by atoms with Gasteiger partial charge in [-0.2, -0.15) is 0 Å². The van der Waals surface area contributed by atoms with Crippen molar-refractivity contribution in [2.75, 3.05) is 13.2 Å². The summed E-state index contributed by atoms with van der Waals surface area (Å²) in [6.45, 7) is 3.36. The summed E-state index contributed by atoms with van der Waals surface area (Å²) in [5.41, 5.74) is 0. The highest BCUT2D eigenvalue weighted by Crippen LogP contribution is 2.28. The molecule has 0 aliphatic rings. The van der Waals surface area contributed by atoms with Crippen LogP contribution in [-0.4, -0.2) is 31.3 Å². The zero-order chi connectivity index (χ0) is 16.5. The van der Waals surface area contributed by atoms with Crippen LogP contribution in [0.25, 0.3) is 0 Å². The van der Waals surface area contributed by atoms with Gasteiger partial charge in [-0.1, -0.05) is 36.5 Å². The van der Waals surface area contributed by atoms with Gasteiger partial charge in [0.2, 0.25) is 0 Å². The Kier molecular flexibility index (Phi) is 8.06. The van der Waals surface area contributed by atoms with Crippen molar-refractivity contribution in [1.29, 1.82) is 0 Å². The Labute approximate surface area is 139 Å². The minimum atomic E-state index is -0.915. The summed E-state index contributed by atoms with van der Waals surface area (Å²) in [5.74, 6) is -0.960. The van der Waals surface area contributed by atoms with E-state index in [1.165, 1.54) is 13.0 Å². The molecule has 0 saturated carbocycles. The third-order valence-electron chi connectivity index (χ3n) is 2.62. The van der Waals surface area contributed by atoms with Gasteiger partial charge in [0.25, 0.3) is 0 Å². The van der Waals surface area contributed by atoms with Crippen LogP contribution in [0.3, 0.4) is 0 Å². The Hall–Kier alpha value is -1.46. The van der Waals surface area contributed by atoms with E-state index in [-0.39, 0.29) is 5.02 Å². The second kappa shape index (κ2) is 9.54. The molecule has 1 aromatic carbocycles. The largest absolute Gasteiger partial charge is 0.477 e. The van der Waals surface area contributed by atoms with E-state index in [2.05, 4.69) is 0 Å². The molecule has 5 nitrogen and oxygen atoms in total. The predicted molar refractivity (Wildman–Crippen MR) is 83.4 cm³/mol. The lowest BCUT2D eigenvalue weighted by molar-refractivity contribution is -0.162. The number of esters is 2. The molecule has 0 unspecified atom stereocenters. The molecule has 0 amide bonds. The van der Waals surface area contributed by atoms with Gasteiger partial charge in [-0.05, 0) is 31.5 Å². The topological polar surface area (TPSA) is 61.8 Å². The van der Waals surface area contributed by atoms with Crippen molar-refractivity contribution in [2.24, 2.45) is 0 Å². The average molecular weight is 349 g/mol. The number of ether oxygens (including phenoxy) is 3. The zero-order valence-corrected chi connectivity index (χ0v) is 13.9. The molecular weight excluding hydrogens is 331 g/mol. The monoisotopic (exact) mass is 348 g/mol. The number of halogens is 2. The molecule has 0 saturated heterocycles. The number of hydrogen-bond donors (Lipinski definition) is 0. The number of hydrogen-bond acceptors (Lipinski definition) is 5. The van der Waals surface area contributed by atoms with E-state index in [0.717, 1.165) is 12.8 Å². The van der Waals surface area contributed by atoms with Gasteiger partial charge >= 0.3 is 11.9 Å². The van der Waals surface area contributed by atoms with Crippen molar-refractivity contribution in [1.82, 2.24) is 0 Å². The average Bonchev–Trinajstić information content (AvgIpc) is 2.47. The van der Waals surface area contributed by atoms with E-state index in [9.17, 15) is 9.59 Å². The third kappa shape index (κ3) is 6.54. The van der Waals surface area contributed by atoms with E-state index in [1.807, 2.05) is 6.92 Å². The van der Waals surface area contributed by atoms with Crippen LogP contribution in [-0.2, 0) is 19.1 Å². The van der Waals surface area contributed by atoms with E-state index in [4.69, 9.17) is 37.4 Å². The molecule has 0 aromatic heterocycles. The Balaban J connectivity index is 2.40. The molecule has 122 valence electrons. The van der Waals surface area contributed by atoms with Crippen LogP contribution in [0, 0.1) is 0 Å². The first-order valence-corrected chi connectivity index (χ1v) is 7.63. The first-order chi connectivity index (χ1) is 10.4. The number of rotatable bonds is 8. The zero-order valence-electron chi connectivity index (χ0n) is 12.4. The smallest absolute Gasteiger partial charge is 0.347 e. The summed E-state index contributed by atoms with van der Waals surface area (Å²) >= 11 is 11.7. The molecule has 0 N–H and O–H groups in total. The SMILES string of the molecule is CCCCOC(=O)COC(=O)[C@@H](C)Oc1ccc(Cl)cc1Cl. The molecule has 0 aliphatic carbocycles. The van der Waals surface area contributed by atoms with Crippen LogP contribution < -0.4 is 4.74 Å². The molecule has 0 bridgehead atoms. The van der Waals surface area contributed by atoms with Gasteiger partial charge in [0.15, 0.2) is 12.7 Å². The van der Waals surface area contributed by atoms with Crippen molar-refractivity contribution in [3.05, 3.63) is 28.2 Å². The van der Waals surface area contributed by atoms with Gasteiger partial charge in [0.1, 0.15) is 5.75 Å². The van der Waals surface area contributed by atoms with Crippen molar-refractivity contribution >= 4 is 35.1 Å². The molecule has 0 fully saturated rings.